The van der Waals surface area contributed by atoms with Crippen LogP contribution in [0.25, 0.3) is 0 Å². The second-order valence-corrected chi connectivity index (χ2v) is 7.40. The van der Waals surface area contributed by atoms with Gasteiger partial charge in [0.15, 0.2) is 0 Å². The van der Waals surface area contributed by atoms with Crippen molar-refractivity contribution in [1.82, 2.24) is 5.32 Å². The Kier molecular flexibility index (Phi) is 28.4. The van der Waals surface area contributed by atoms with E-state index in [9.17, 15) is 4.79 Å². The molecule has 0 radical (unpaired) electrons. The highest BCUT2D eigenvalue weighted by atomic mass is 16.1. The second-order valence-electron chi connectivity index (χ2n) is 7.40. The first-order valence-electron chi connectivity index (χ1n) is 12.1. The first kappa shape index (κ1) is 27.7. The molecular formula is C24H51NO. The summed E-state index contributed by atoms with van der Waals surface area (Å²) in [6.45, 7) is 9.21. The van der Waals surface area contributed by atoms with Crippen molar-refractivity contribution in [2.24, 2.45) is 0 Å². The number of rotatable bonds is 19. The summed E-state index contributed by atoms with van der Waals surface area (Å²) in [4.78, 5) is 11.3. The number of carbonyl (C=O) groups excluding carboxylic acids is 1. The van der Waals surface area contributed by atoms with Crippen LogP contribution in [-0.2, 0) is 4.79 Å². The molecule has 0 fully saturated rings. The Hall–Kier alpha value is -0.530. The van der Waals surface area contributed by atoms with E-state index in [1.165, 1.54) is 96.3 Å². The number of hydrogen-bond donors (Lipinski definition) is 1. The van der Waals surface area contributed by atoms with Crippen molar-refractivity contribution in [3.8, 4) is 0 Å². The van der Waals surface area contributed by atoms with Crippen LogP contribution in [0.15, 0.2) is 0 Å². The smallest absolute Gasteiger partial charge is 0.219 e. The Bertz CT molecular complexity index is 253. The topological polar surface area (TPSA) is 29.1 Å². The quantitative estimate of drug-likeness (QED) is 0.228. The largest absolute Gasteiger partial charge is 0.356 e. The number of unbranched alkanes of at least 4 members (excludes halogenated alkanes) is 15. The molecule has 0 aromatic rings. The Morgan fingerprint density at radius 1 is 0.538 bits per heavy atom. The highest BCUT2D eigenvalue weighted by Crippen LogP contribution is 2.13. The van der Waals surface area contributed by atoms with E-state index in [2.05, 4.69) is 12.2 Å². The Labute approximate surface area is 166 Å². The van der Waals surface area contributed by atoms with Crippen LogP contribution in [0, 0.1) is 0 Å². The zero-order chi connectivity index (χ0) is 19.7. The predicted molar refractivity (Wildman–Crippen MR) is 119 cm³/mol. The minimum Gasteiger partial charge on any atom is -0.356 e. The van der Waals surface area contributed by atoms with E-state index in [1.807, 2.05) is 20.8 Å². The van der Waals surface area contributed by atoms with Crippen LogP contribution >= 0.6 is 0 Å². The van der Waals surface area contributed by atoms with Gasteiger partial charge in [-0.25, -0.2) is 0 Å². The van der Waals surface area contributed by atoms with Crippen molar-refractivity contribution in [3.63, 3.8) is 0 Å². The lowest BCUT2D eigenvalue weighted by Crippen LogP contribution is -2.23. The summed E-state index contributed by atoms with van der Waals surface area (Å²) in [5.41, 5.74) is 0. The molecule has 0 saturated carbocycles. The predicted octanol–water partition coefficient (Wildman–Crippen LogP) is 8.19. The maximum atomic E-state index is 11.3. The molecule has 1 N–H and O–H groups in total. The molecule has 2 nitrogen and oxygen atoms in total. The van der Waals surface area contributed by atoms with E-state index in [-0.39, 0.29) is 5.91 Å². The van der Waals surface area contributed by atoms with Crippen molar-refractivity contribution in [3.05, 3.63) is 0 Å². The Balaban J connectivity index is 0. The minimum atomic E-state index is 0.221. The van der Waals surface area contributed by atoms with E-state index in [0.717, 1.165) is 19.4 Å². The summed E-state index contributed by atoms with van der Waals surface area (Å²) < 4.78 is 0. The van der Waals surface area contributed by atoms with Crippen LogP contribution in [0.4, 0.5) is 0 Å². The maximum Gasteiger partial charge on any atom is 0.219 e. The van der Waals surface area contributed by atoms with Gasteiger partial charge in [-0.1, -0.05) is 124 Å². The molecular weight excluding hydrogens is 318 g/mol. The lowest BCUT2D eigenvalue weighted by molar-refractivity contribution is -0.121. The van der Waals surface area contributed by atoms with Gasteiger partial charge in [-0.05, 0) is 12.8 Å². The number of hydrogen-bond acceptors (Lipinski definition) is 1. The van der Waals surface area contributed by atoms with E-state index >= 15 is 0 Å². The van der Waals surface area contributed by atoms with Crippen LogP contribution in [0.1, 0.15) is 143 Å². The van der Waals surface area contributed by atoms with Crippen LogP contribution < -0.4 is 5.32 Å². The SMILES string of the molecule is CC.CCCCCCCCCCCCCCCCCCNC(=O)CCC. The van der Waals surface area contributed by atoms with Crippen molar-refractivity contribution >= 4 is 5.91 Å². The van der Waals surface area contributed by atoms with Gasteiger partial charge in [0.25, 0.3) is 0 Å². The Morgan fingerprint density at radius 2 is 0.885 bits per heavy atom. The van der Waals surface area contributed by atoms with E-state index in [0.29, 0.717) is 6.42 Å². The van der Waals surface area contributed by atoms with Gasteiger partial charge in [0.2, 0.25) is 5.91 Å². The molecule has 2 heteroatoms. The zero-order valence-corrected chi connectivity index (χ0v) is 18.8. The normalized spacial score (nSPS) is 10.3. The summed E-state index contributed by atoms with van der Waals surface area (Å²) in [5.74, 6) is 0.221. The number of carbonyl (C=O) groups is 1. The first-order valence-corrected chi connectivity index (χ1v) is 12.1. The molecule has 0 heterocycles. The number of nitrogens with one attached hydrogen (secondary N) is 1. The van der Waals surface area contributed by atoms with Gasteiger partial charge in [-0.3, -0.25) is 4.79 Å². The molecule has 0 atom stereocenters. The fraction of sp³-hybridized carbons (Fsp3) is 0.958. The van der Waals surface area contributed by atoms with E-state index < -0.39 is 0 Å². The van der Waals surface area contributed by atoms with Gasteiger partial charge in [0.05, 0.1) is 0 Å². The minimum absolute atomic E-state index is 0.221. The van der Waals surface area contributed by atoms with Crippen LogP contribution in [0.5, 0.6) is 0 Å². The van der Waals surface area contributed by atoms with Gasteiger partial charge in [0.1, 0.15) is 0 Å². The zero-order valence-electron chi connectivity index (χ0n) is 18.8. The summed E-state index contributed by atoms with van der Waals surface area (Å²) in [6.07, 6.45) is 24.0. The van der Waals surface area contributed by atoms with Crippen molar-refractivity contribution in [1.29, 1.82) is 0 Å². The van der Waals surface area contributed by atoms with Crippen LogP contribution in [0.3, 0.4) is 0 Å². The summed E-state index contributed by atoms with van der Waals surface area (Å²) in [7, 11) is 0. The van der Waals surface area contributed by atoms with Crippen molar-refractivity contribution in [2.45, 2.75) is 143 Å². The lowest BCUT2D eigenvalue weighted by atomic mass is 10.0. The monoisotopic (exact) mass is 369 g/mol. The second kappa shape index (κ2) is 26.7. The average Bonchev–Trinajstić information content (AvgIpc) is 2.66. The van der Waals surface area contributed by atoms with Gasteiger partial charge in [0, 0.05) is 13.0 Å². The van der Waals surface area contributed by atoms with E-state index in [4.69, 9.17) is 0 Å². The molecule has 26 heavy (non-hydrogen) atoms. The molecule has 0 aliphatic rings. The maximum absolute atomic E-state index is 11.3. The lowest BCUT2D eigenvalue weighted by Gasteiger charge is -2.05. The molecule has 0 rings (SSSR count). The average molecular weight is 370 g/mol. The summed E-state index contributed by atoms with van der Waals surface area (Å²) >= 11 is 0. The number of amides is 1. The molecule has 158 valence electrons. The standard InChI is InChI=1S/C22H45NO.C2H6/c1-3-5-6-7-8-9-10-11-12-13-14-15-16-17-18-19-21-23-22(24)20-4-2;1-2/h3-21H2,1-2H3,(H,23,24);1-2H3. The third kappa shape index (κ3) is 25.7. The molecule has 0 spiro atoms. The van der Waals surface area contributed by atoms with Crippen LogP contribution in [0.2, 0.25) is 0 Å². The van der Waals surface area contributed by atoms with Gasteiger partial charge in [-0.15, -0.1) is 0 Å². The van der Waals surface area contributed by atoms with Crippen molar-refractivity contribution in [2.75, 3.05) is 6.54 Å². The van der Waals surface area contributed by atoms with Gasteiger partial charge in [-0.2, -0.15) is 0 Å². The molecule has 1 amide bonds. The molecule has 0 unspecified atom stereocenters. The van der Waals surface area contributed by atoms with Gasteiger partial charge >= 0.3 is 0 Å². The van der Waals surface area contributed by atoms with Crippen molar-refractivity contribution < 1.29 is 4.79 Å². The molecule has 0 aromatic heterocycles. The molecule has 0 aliphatic carbocycles. The first-order chi connectivity index (χ1) is 12.8. The summed E-state index contributed by atoms with van der Waals surface area (Å²) in [5, 5.41) is 2.99. The van der Waals surface area contributed by atoms with Gasteiger partial charge < -0.3 is 5.32 Å². The van der Waals surface area contributed by atoms with Crippen LogP contribution in [-0.4, -0.2) is 12.5 Å². The highest BCUT2D eigenvalue weighted by Gasteiger charge is 1.98. The fourth-order valence-electron chi connectivity index (χ4n) is 3.22. The third-order valence-electron chi connectivity index (χ3n) is 4.83. The highest BCUT2D eigenvalue weighted by molar-refractivity contribution is 5.75. The fourth-order valence-corrected chi connectivity index (χ4v) is 3.22. The molecule has 0 aliphatic heterocycles. The van der Waals surface area contributed by atoms with E-state index in [1.54, 1.807) is 0 Å². The summed E-state index contributed by atoms with van der Waals surface area (Å²) in [6, 6.07) is 0. The molecule has 0 saturated heterocycles. The molecule has 0 bridgehead atoms. The Morgan fingerprint density at radius 3 is 1.23 bits per heavy atom. The third-order valence-corrected chi connectivity index (χ3v) is 4.83. The molecule has 0 aromatic carbocycles.